The summed E-state index contributed by atoms with van der Waals surface area (Å²) in [6.45, 7) is 6.37. The number of aryl methyl sites for hydroxylation is 1. The van der Waals surface area contributed by atoms with E-state index >= 15 is 0 Å². The average Bonchev–Trinajstić information content (AvgIpc) is 2.93. The van der Waals surface area contributed by atoms with Crippen LogP contribution in [-0.2, 0) is 0 Å². The van der Waals surface area contributed by atoms with Crippen LogP contribution >= 0.6 is 12.2 Å². The maximum Gasteiger partial charge on any atom is 0.178 e. The zero-order chi connectivity index (χ0) is 13.6. The Morgan fingerprint density at radius 1 is 1.32 bits per heavy atom. The molecule has 3 aromatic rings. The summed E-state index contributed by atoms with van der Waals surface area (Å²) in [5.41, 5.74) is 4.54. The molecular formula is C14H16N4S. The number of H-pyrrole nitrogens is 1. The van der Waals surface area contributed by atoms with E-state index in [0.717, 1.165) is 21.5 Å². The predicted molar refractivity (Wildman–Crippen MR) is 79.4 cm³/mol. The topological polar surface area (TPSA) is 38.5 Å². The molecule has 98 valence electrons. The summed E-state index contributed by atoms with van der Waals surface area (Å²) in [4.78, 5) is 7.38. The Morgan fingerprint density at radius 2 is 2.11 bits per heavy atom. The van der Waals surface area contributed by atoms with E-state index in [-0.39, 0.29) is 0 Å². The van der Waals surface area contributed by atoms with E-state index in [1.165, 1.54) is 5.56 Å². The second-order valence-corrected chi connectivity index (χ2v) is 5.41. The van der Waals surface area contributed by atoms with Crippen LogP contribution in [0.3, 0.4) is 0 Å². The largest absolute Gasteiger partial charge is 0.331 e. The smallest absolute Gasteiger partial charge is 0.178 e. The van der Waals surface area contributed by atoms with Gasteiger partial charge in [0.1, 0.15) is 0 Å². The first-order valence-corrected chi connectivity index (χ1v) is 6.72. The lowest BCUT2D eigenvalue weighted by Crippen LogP contribution is -2.01. The molecule has 0 saturated carbocycles. The van der Waals surface area contributed by atoms with Crippen LogP contribution in [0.25, 0.3) is 16.7 Å². The van der Waals surface area contributed by atoms with Gasteiger partial charge in [-0.05, 0) is 50.7 Å². The third kappa shape index (κ3) is 1.90. The van der Waals surface area contributed by atoms with Gasteiger partial charge in [0.2, 0.25) is 0 Å². The molecule has 0 aliphatic heterocycles. The molecule has 0 amide bonds. The lowest BCUT2D eigenvalue weighted by molar-refractivity contribution is 0.610. The molecule has 19 heavy (non-hydrogen) atoms. The van der Waals surface area contributed by atoms with Gasteiger partial charge in [-0.2, -0.15) is 0 Å². The minimum absolute atomic E-state index is 0.333. The van der Waals surface area contributed by atoms with Crippen LogP contribution in [0.2, 0.25) is 0 Å². The summed E-state index contributed by atoms with van der Waals surface area (Å²) in [6.07, 6.45) is 5.56. The number of fused-ring (bicyclic) bond motifs is 1. The molecule has 0 saturated heterocycles. The number of imidazole rings is 2. The minimum atomic E-state index is 0.333. The Kier molecular flexibility index (Phi) is 2.78. The lowest BCUT2D eigenvalue weighted by atomic mass is 10.1. The quantitative estimate of drug-likeness (QED) is 0.721. The fourth-order valence-corrected chi connectivity index (χ4v) is 2.88. The summed E-state index contributed by atoms with van der Waals surface area (Å²) in [6, 6.07) is 4.64. The van der Waals surface area contributed by atoms with E-state index in [0.29, 0.717) is 6.04 Å². The molecule has 1 N–H and O–H groups in total. The van der Waals surface area contributed by atoms with E-state index in [9.17, 15) is 0 Å². The molecule has 1 aromatic carbocycles. The molecule has 5 heteroatoms. The van der Waals surface area contributed by atoms with E-state index in [1.54, 1.807) is 6.20 Å². The standard InChI is InChI=1S/C14H16N4S/c1-9(2)18-13-7-12(17-5-4-15-8-17)10(3)6-11(13)16-14(18)19/h4-9H,1-3H3,(H,16,19). The third-order valence-electron chi connectivity index (χ3n) is 3.33. The summed E-state index contributed by atoms with van der Waals surface area (Å²) in [5.74, 6) is 0. The van der Waals surface area contributed by atoms with Crippen LogP contribution < -0.4 is 0 Å². The summed E-state index contributed by atoms with van der Waals surface area (Å²) < 4.78 is 4.94. The second-order valence-electron chi connectivity index (χ2n) is 5.02. The minimum Gasteiger partial charge on any atom is -0.331 e. The normalized spacial score (nSPS) is 11.6. The molecule has 0 atom stereocenters. The van der Waals surface area contributed by atoms with Crippen molar-refractivity contribution in [3.05, 3.63) is 41.2 Å². The van der Waals surface area contributed by atoms with Crippen LogP contribution in [0.4, 0.5) is 0 Å². The van der Waals surface area contributed by atoms with Crippen molar-refractivity contribution in [2.75, 3.05) is 0 Å². The Balaban J connectivity index is 2.35. The van der Waals surface area contributed by atoms with Crippen molar-refractivity contribution in [3.8, 4) is 5.69 Å². The van der Waals surface area contributed by atoms with Crippen molar-refractivity contribution in [1.82, 2.24) is 19.1 Å². The fourth-order valence-electron chi connectivity index (χ4n) is 2.46. The molecule has 2 aromatic heterocycles. The molecule has 0 spiro atoms. The predicted octanol–water partition coefficient (Wildman–Crippen LogP) is 3.77. The molecule has 4 nitrogen and oxygen atoms in total. The van der Waals surface area contributed by atoms with Gasteiger partial charge < -0.3 is 14.1 Å². The van der Waals surface area contributed by atoms with E-state index in [2.05, 4.69) is 47.4 Å². The van der Waals surface area contributed by atoms with Crippen LogP contribution in [0.1, 0.15) is 25.5 Å². The van der Waals surface area contributed by atoms with E-state index in [4.69, 9.17) is 12.2 Å². The molecule has 0 aliphatic carbocycles. The number of aromatic nitrogens is 4. The Bertz CT molecular complexity index is 778. The van der Waals surface area contributed by atoms with Gasteiger partial charge in [-0.15, -0.1) is 0 Å². The molecule has 0 aliphatic rings. The monoisotopic (exact) mass is 272 g/mol. The highest BCUT2D eigenvalue weighted by Gasteiger charge is 2.11. The second kappa shape index (κ2) is 4.35. The zero-order valence-electron chi connectivity index (χ0n) is 11.2. The highest BCUT2D eigenvalue weighted by Crippen LogP contribution is 2.24. The first-order valence-electron chi connectivity index (χ1n) is 6.31. The first kappa shape index (κ1) is 12.2. The highest BCUT2D eigenvalue weighted by molar-refractivity contribution is 7.71. The maximum atomic E-state index is 5.40. The van der Waals surface area contributed by atoms with Crippen molar-refractivity contribution < 1.29 is 0 Å². The Morgan fingerprint density at radius 3 is 2.74 bits per heavy atom. The molecule has 3 rings (SSSR count). The summed E-state index contributed by atoms with van der Waals surface area (Å²) in [7, 11) is 0. The Labute approximate surface area is 116 Å². The van der Waals surface area contributed by atoms with Crippen LogP contribution in [0.15, 0.2) is 30.9 Å². The summed E-state index contributed by atoms with van der Waals surface area (Å²) >= 11 is 5.40. The summed E-state index contributed by atoms with van der Waals surface area (Å²) in [5, 5.41) is 0. The van der Waals surface area contributed by atoms with Crippen molar-refractivity contribution >= 4 is 23.3 Å². The van der Waals surface area contributed by atoms with Gasteiger partial charge in [0.25, 0.3) is 0 Å². The SMILES string of the molecule is Cc1cc2[nH]c(=S)n(C(C)C)c2cc1-n1ccnc1. The van der Waals surface area contributed by atoms with Crippen molar-refractivity contribution in [3.63, 3.8) is 0 Å². The van der Waals surface area contributed by atoms with Gasteiger partial charge in [-0.25, -0.2) is 4.98 Å². The number of benzene rings is 1. The number of hydrogen-bond acceptors (Lipinski definition) is 2. The molecule has 2 heterocycles. The highest BCUT2D eigenvalue weighted by atomic mass is 32.1. The van der Waals surface area contributed by atoms with Gasteiger partial charge in [-0.1, -0.05) is 0 Å². The number of nitrogens with one attached hydrogen (secondary N) is 1. The molecule has 0 unspecified atom stereocenters. The third-order valence-corrected chi connectivity index (χ3v) is 3.63. The number of nitrogens with zero attached hydrogens (tertiary/aromatic N) is 3. The Hall–Kier alpha value is -1.88. The zero-order valence-corrected chi connectivity index (χ0v) is 12.0. The molecular weight excluding hydrogens is 256 g/mol. The van der Waals surface area contributed by atoms with Crippen molar-refractivity contribution in [2.24, 2.45) is 0 Å². The van der Waals surface area contributed by atoms with Crippen LogP contribution in [0, 0.1) is 11.7 Å². The molecule has 0 radical (unpaired) electrons. The number of hydrogen-bond donors (Lipinski definition) is 1. The van der Waals surface area contributed by atoms with E-state index in [1.807, 2.05) is 17.1 Å². The van der Waals surface area contributed by atoms with Gasteiger partial charge >= 0.3 is 0 Å². The average molecular weight is 272 g/mol. The van der Waals surface area contributed by atoms with Gasteiger partial charge in [0, 0.05) is 18.4 Å². The van der Waals surface area contributed by atoms with Crippen molar-refractivity contribution in [2.45, 2.75) is 26.8 Å². The maximum absolute atomic E-state index is 5.40. The van der Waals surface area contributed by atoms with Crippen molar-refractivity contribution in [1.29, 1.82) is 0 Å². The molecule has 0 bridgehead atoms. The first-order chi connectivity index (χ1) is 9.08. The lowest BCUT2D eigenvalue weighted by Gasteiger charge is -2.11. The van der Waals surface area contributed by atoms with Gasteiger partial charge in [-0.3, -0.25) is 0 Å². The fraction of sp³-hybridized carbons (Fsp3) is 0.286. The van der Waals surface area contributed by atoms with E-state index < -0.39 is 0 Å². The van der Waals surface area contributed by atoms with Gasteiger partial charge in [0.15, 0.2) is 4.77 Å². The molecule has 0 fully saturated rings. The van der Waals surface area contributed by atoms with Crippen LogP contribution in [-0.4, -0.2) is 19.1 Å². The van der Waals surface area contributed by atoms with Gasteiger partial charge in [0.05, 0.1) is 23.0 Å². The number of aromatic amines is 1. The number of rotatable bonds is 2. The van der Waals surface area contributed by atoms with Crippen LogP contribution in [0.5, 0.6) is 0 Å².